The Morgan fingerprint density at radius 1 is 1.06 bits per heavy atom. The van der Waals surface area contributed by atoms with Gasteiger partial charge in [0, 0.05) is 50.0 Å². The summed E-state index contributed by atoms with van der Waals surface area (Å²) in [7, 11) is 1.86. The molecule has 2 aromatic carbocycles. The van der Waals surface area contributed by atoms with E-state index in [0.717, 1.165) is 37.1 Å². The summed E-state index contributed by atoms with van der Waals surface area (Å²) in [6.45, 7) is 2.29. The first kappa shape index (κ1) is 26.5. The fourth-order valence-corrected chi connectivity index (χ4v) is 5.81. The van der Waals surface area contributed by atoms with Crippen molar-refractivity contribution in [2.45, 2.75) is 64.3 Å². The van der Waals surface area contributed by atoms with Crippen LogP contribution >= 0.6 is 11.6 Å². The van der Waals surface area contributed by atoms with E-state index < -0.39 is 5.41 Å². The van der Waals surface area contributed by atoms with Gasteiger partial charge in [-0.25, -0.2) is 0 Å². The second-order valence-electron chi connectivity index (χ2n) is 10.8. The molecular formula is C30H39ClN2O3. The summed E-state index contributed by atoms with van der Waals surface area (Å²) >= 11 is 6.04. The van der Waals surface area contributed by atoms with Gasteiger partial charge in [-0.2, -0.15) is 0 Å². The third-order valence-electron chi connectivity index (χ3n) is 7.83. The van der Waals surface area contributed by atoms with Crippen LogP contribution in [-0.2, 0) is 16.1 Å². The third-order valence-corrected chi connectivity index (χ3v) is 8.08. The minimum Gasteiger partial charge on any atom is -0.493 e. The molecule has 1 saturated carbocycles. The first-order valence-electron chi connectivity index (χ1n) is 13.4. The molecule has 6 heteroatoms. The molecule has 2 amide bonds. The van der Waals surface area contributed by atoms with Crippen LogP contribution in [0, 0.1) is 11.3 Å². The van der Waals surface area contributed by atoms with Gasteiger partial charge in [0.05, 0.1) is 6.61 Å². The number of halogens is 1. The molecule has 0 radical (unpaired) electrons. The lowest BCUT2D eigenvalue weighted by Gasteiger charge is -2.43. The maximum Gasteiger partial charge on any atom is 0.223 e. The zero-order valence-electron chi connectivity index (χ0n) is 21.5. The lowest BCUT2D eigenvalue weighted by atomic mass is 9.77. The van der Waals surface area contributed by atoms with Crippen LogP contribution in [0.4, 0.5) is 0 Å². The van der Waals surface area contributed by atoms with E-state index in [1.807, 2.05) is 66.5 Å². The fourth-order valence-electron chi connectivity index (χ4n) is 5.69. The number of hydrogen-bond acceptors (Lipinski definition) is 3. The summed E-state index contributed by atoms with van der Waals surface area (Å²) in [5.74, 6) is 1.74. The molecule has 0 unspecified atom stereocenters. The molecule has 0 aromatic heterocycles. The zero-order chi connectivity index (χ0) is 25.4. The Balaban J connectivity index is 1.43. The summed E-state index contributed by atoms with van der Waals surface area (Å²) in [5, 5.41) is 0.659. The summed E-state index contributed by atoms with van der Waals surface area (Å²) in [4.78, 5) is 30.4. The van der Waals surface area contributed by atoms with Crippen LogP contribution < -0.4 is 4.74 Å². The van der Waals surface area contributed by atoms with E-state index in [1.54, 1.807) is 4.90 Å². The predicted octanol–water partition coefficient (Wildman–Crippen LogP) is 6.35. The predicted molar refractivity (Wildman–Crippen MR) is 144 cm³/mol. The number of hydrogen-bond donors (Lipinski definition) is 0. The molecule has 1 saturated heterocycles. The largest absolute Gasteiger partial charge is 0.493 e. The molecule has 5 nitrogen and oxygen atoms in total. The van der Waals surface area contributed by atoms with E-state index in [9.17, 15) is 9.59 Å². The molecule has 2 aromatic rings. The van der Waals surface area contributed by atoms with Crippen LogP contribution in [0.25, 0.3) is 0 Å². The van der Waals surface area contributed by atoms with Crippen molar-refractivity contribution in [1.82, 2.24) is 9.80 Å². The zero-order valence-corrected chi connectivity index (χ0v) is 22.2. The quantitative estimate of drug-likeness (QED) is 0.374. The van der Waals surface area contributed by atoms with E-state index in [2.05, 4.69) is 0 Å². The summed E-state index contributed by atoms with van der Waals surface area (Å²) < 4.78 is 6.20. The van der Waals surface area contributed by atoms with Gasteiger partial charge < -0.3 is 14.5 Å². The molecule has 4 rings (SSSR count). The number of ether oxygens (including phenoxy) is 1. The molecule has 1 atom stereocenters. The third kappa shape index (κ3) is 7.49. The molecule has 0 bridgehead atoms. The Morgan fingerprint density at radius 3 is 2.50 bits per heavy atom. The molecule has 2 aliphatic rings. The van der Waals surface area contributed by atoms with E-state index in [0.29, 0.717) is 43.5 Å². The smallest absolute Gasteiger partial charge is 0.223 e. The Bertz CT molecular complexity index is 991. The van der Waals surface area contributed by atoms with Gasteiger partial charge in [-0.3, -0.25) is 9.59 Å². The van der Waals surface area contributed by atoms with E-state index in [1.165, 1.54) is 25.7 Å². The highest BCUT2D eigenvalue weighted by atomic mass is 35.5. The van der Waals surface area contributed by atoms with Gasteiger partial charge in [0.2, 0.25) is 11.8 Å². The van der Waals surface area contributed by atoms with Crippen molar-refractivity contribution in [3.05, 3.63) is 65.2 Å². The van der Waals surface area contributed by atoms with Crippen LogP contribution in [0.5, 0.6) is 5.75 Å². The second kappa shape index (κ2) is 12.6. The molecule has 1 aliphatic carbocycles. The number of carbonyl (C=O) groups excluding carboxylic acids is 2. The van der Waals surface area contributed by atoms with E-state index in [4.69, 9.17) is 16.3 Å². The Morgan fingerprint density at radius 2 is 1.78 bits per heavy atom. The van der Waals surface area contributed by atoms with Crippen molar-refractivity contribution in [3.63, 3.8) is 0 Å². The van der Waals surface area contributed by atoms with E-state index >= 15 is 0 Å². The average Bonchev–Trinajstić information content (AvgIpc) is 3.41. The highest BCUT2D eigenvalue weighted by Gasteiger charge is 2.40. The summed E-state index contributed by atoms with van der Waals surface area (Å²) in [6.07, 6.45) is 8.81. The minimum absolute atomic E-state index is 0.0822. The van der Waals surface area contributed by atoms with Crippen molar-refractivity contribution >= 4 is 23.4 Å². The number of carbonyl (C=O) groups is 2. The highest BCUT2D eigenvalue weighted by molar-refractivity contribution is 6.30. The summed E-state index contributed by atoms with van der Waals surface area (Å²) in [5.41, 5.74) is 0.690. The molecule has 1 heterocycles. The molecule has 194 valence electrons. The maximum absolute atomic E-state index is 13.4. The van der Waals surface area contributed by atoms with Crippen LogP contribution in [0.3, 0.4) is 0 Å². The monoisotopic (exact) mass is 510 g/mol. The van der Waals surface area contributed by atoms with Crippen LogP contribution in [-0.4, -0.2) is 48.4 Å². The molecule has 36 heavy (non-hydrogen) atoms. The topological polar surface area (TPSA) is 49.9 Å². The van der Waals surface area contributed by atoms with Gasteiger partial charge in [-0.1, -0.05) is 67.6 Å². The standard InChI is InChI=1S/C30H39ClN2O3/c1-32(21-25-10-3-2-4-11-25)29(35)20-30(23-36-27-15-13-26(31)14-16-27)18-7-19-33(22-30)28(34)17-12-24-8-5-6-9-24/h2-4,10-11,13-16,24H,5-9,12,17-23H2,1H3/t30-/m0/s1. The van der Waals surface area contributed by atoms with Gasteiger partial charge in [0.15, 0.2) is 0 Å². The fraction of sp³-hybridized carbons (Fsp3) is 0.533. The number of piperidine rings is 1. The van der Waals surface area contributed by atoms with Crippen LogP contribution in [0.2, 0.25) is 5.02 Å². The van der Waals surface area contributed by atoms with Crippen molar-refractivity contribution in [1.29, 1.82) is 0 Å². The average molecular weight is 511 g/mol. The Hall–Kier alpha value is -2.53. The van der Waals surface area contributed by atoms with E-state index in [-0.39, 0.29) is 11.8 Å². The number of nitrogens with zero attached hydrogens (tertiary/aromatic N) is 2. The molecular weight excluding hydrogens is 472 g/mol. The summed E-state index contributed by atoms with van der Waals surface area (Å²) in [6, 6.07) is 17.4. The molecule has 0 N–H and O–H groups in total. The number of likely N-dealkylation sites (tertiary alicyclic amines) is 1. The van der Waals surface area contributed by atoms with Crippen LogP contribution in [0.15, 0.2) is 54.6 Å². The lowest BCUT2D eigenvalue weighted by Crippen LogP contribution is -2.50. The minimum atomic E-state index is -0.414. The van der Waals surface area contributed by atoms with Crippen molar-refractivity contribution < 1.29 is 14.3 Å². The maximum atomic E-state index is 13.4. The normalized spacial score (nSPS) is 20.3. The molecule has 0 spiro atoms. The van der Waals surface area contributed by atoms with Gasteiger partial charge in [0.25, 0.3) is 0 Å². The first-order valence-corrected chi connectivity index (χ1v) is 13.7. The van der Waals surface area contributed by atoms with Gasteiger partial charge in [-0.05, 0) is 55.0 Å². The van der Waals surface area contributed by atoms with Crippen molar-refractivity contribution in [3.8, 4) is 5.75 Å². The van der Waals surface area contributed by atoms with Crippen molar-refractivity contribution in [2.75, 3.05) is 26.7 Å². The second-order valence-corrected chi connectivity index (χ2v) is 11.2. The SMILES string of the molecule is CN(Cc1ccccc1)C(=O)C[C@@]1(COc2ccc(Cl)cc2)CCCN(C(=O)CCC2CCCC2)C1. The molecule has 2 fully saturated rings. The Labute approximate surface area is 220 Å². The highest BCUT2D eigenvalue weighted by Crippen LogP contribution is 2.36. The number of benzene rings is 2. The Kier molecular flexibility index (Phi) is 9.30. The number of rotatable bonds is 10. The van der Waals surface area contributed by atoms with Crippen LogP contribution in [0.1, 0.15) is 63.4 Å². The number of amides is 2. The van der Waals surface area contributed by atoms with Gasteiger partial charge in [0.1, 0.15) is 5.75 Å². The molecule has 1 aliphatic heterocycles. The lowest BCUT2D eigenvalue weighted by molar-refractivity contribution is -0.141. The van der Waals surface area contributed by atoms with Gasteiger partial charge in [-0.15, -0.1) is 0 Å². The first-order chi connectivity index (χ1) is 17.4. The van der Waals surface area contributed by atoms with Crippen molar-refractivity contribution in [2.24, 2.45) is 11.3 Å². The van der Waals surface area contributed by atoms with Gasteiger partial charge >= 0.3 is 0 Å².